The average Bonchev–Trinajstić information content (AvgIpc) is 2.58. The molecule has 1 fully saturated rings. The molecule has 1 aliphatic heterocycles. The van der Waals surface area contributed by atoms with Crippen LogP contribution in [-0.2, 0) is 14.3 Å². The molecule has 5 heteroatoms. The van der Waals surface area contributed by atoms with Gasteiger partial charge in [-0.25, -0.2) is 9.59 Å². The third-order valence-electron chi connectivity index (χ3n) is 4.23. The lowest BCUT2D eigenvalue weighted by Gasteiger charge is -2.33. The van der Waals surface area contributed by atoms with Crippen molar-refractivity contribution in [3.63, 3.8) is 0 Å². The summed E-state index contributed by atoms with van der Waals surface area (Å²) in [7, 11) is 0. The maximum Gasteiger partial charge on any atom is 0.410 e. The van der Waals surface area contributed by atoms with Crippen LogP contribution in [0.4, 0.5) is 4.79 Å². The van der Waals surface area contributed by atoms with Gasteiger partial charge in [0.15, 0.2) is 0 Å². The summed E-state index contributed by atoms with van der Waals surface area (Å²) < 4.78 is 10.7. The average molecular weight is 327 g/mol. The standard InChI is InChI=1S/C18H33NO4/c1-3-5-7-11-15-23-18(21)19-13-9-8-12-16(19)17(20)22-14-10-6-4-2/h16H,3-15H2,1-2H3. The summed E-state index contributed by atoms with van der Waals surface area (Å²) in [6.07, 6.45) is 9.51. The van der Waals surface area contributed by atoms with Crippen molar-refractivity contribution >= 4 is 12.1 Å². The fourth-order valence-electron chi connectivity index (χ4n) is 2.79. The number of hydrogen-bond donors (Lipinski definition) is 0. The number of unbranched alkanes of at least 4 members (excludes halogenated alkanes) is 5. The number of amides is 1. The molecule has 0 spiro atoms. The number of carbonyl (C=O) groups is 2. The number of rotatable bonds is 10. The molecule has 0 N–H and O–H groups in total. The van der Waals surface area contributed by atoms with Gasteiger partial charge in [-0.3, -0.25) is 4.90 Å². The van der Waals surface area contributed by atoms with E-state index in [0.717, 1.165) is 57.8 Å². The molecule has 0 aliphatic carbocycles. The summed E-state index contributed by atoms with van der Waals surface area (Å²) in [6, 6.07) is -0.464. The van der Waals surface area contributed by atoms with E-state index in [9.17, 15) is 9.59 Å². The van der Waals surface area contributed by atoms with Crippen LogP contribution in [0.3, 0.4) is 0 Å². The van der Waals surface area contributed by atoms with Gasteiger partial charge in [0.2, 0.25) is 0 Å². The van der Waals surface area contributed by atoms with Gasteiger partial charge < -0.3 is 9.47 Å². The van der Waals surface area contributed by atoms with E-state index in [0.29, 0.717) is 26.2 Å². The molecule has 1 atom stereocenters. The molecule has 0 aromatic rings. The van der Waals surface area contributed by atoms with Gasteiger partial charge in [-0.05, 0) is 32.1 Å². The Balaban J connectivity index is 2.37. The Labute approximate surface area is 140 Å². The summed E-state index contributed by atoms with van der Waals surface area (Å²) in [5.41, 5.74) is 0. The number of carbonyl (C=O) groups excluding carboxylic acids is 2. The van der Waals surface area contributed by atoms with Gasteiger partial charge in [0.25, 0.3) is 0 Å². The van der Waals surface area contributed by atoms with Crippen LogP contribution < -0.4 is 0 Å². The molecule has 0 radical (unpaired) electrons. The number of esters is 1. The molecule has 23 heavy (non-hydrogen) atoms. The van der Waals surface area contributed by atoms with Crippen molar-refractivity contribution in [1.82, 2.24) is 4.90 Å². The normalized spacial score (nSPS) is 17.8. The van der Waals surface area contributed by atoms with Crippen LogP contribution in [0.25, 0.3) is 0 Å². The molecular formula is C18H33NO4. The van der Waals surface area contributed by atoms with Gasteiger partial charge in [-0.2, -0.15) is 0 Å². The van der Waals surface area contributed by atoms with Crippen molar-refractivity contribution < 1.29 is 19.1 Å². The van der Waals surface area contributed by atoms with Crippen molar-refractivity contribution in [3.05, 3.63) is 0 Å². The monoisotopic (exact) mass is 327 g/mol. The number of likely N-dealkylation sites (tertiary alicyclic amines) is 1. The lowest BCUT2D eigenvalue weighted by Crippen LogP contribution is -2.49. The van der Waals surface area contributed by atoms with Crippen LogP contribution in [0.1, 0.15) is 78.1 Å². The first-order chi connectivity index (χ1) is 11.2. The van der Waals surface area contributed by atoms with Gasteiger partial charge in [0, 0.05) is 6.54 Å². The second-order valence-corrected chi connectivity index (χ2v) is 6.25. The highest BCUT2D eigenvalue weighted by molar-refractivity contribution is 5.81. The third kappa shape index (κ3) is 7.71. The molecule has 0 saturated carbocycles. The van der Waals surface area contributed by atoms with Crippen LogP contribution in [0.2, 0.25) is 0 Å². The van der Waals surface area contributed by atoms with Crippen molar-refractivity contribution in [2.75, 3.05) is 19.8 Å². The number of hydrogen-bond acceptors (Lipinski definition) is 4. The molecule has 0 aromatic carbocycles. The Hall–Kier alpha value is -1.26. The van der Waals surface area contributed by atoms with Crippen LogP contribution in [0, 0.1) is 0 Å². The van der Waals surface area contributed by atoms with E-state index < -0.39 is 6.04 Å². The van der Waals surface area contributed by atoms with E-state index in [1.165, 1.54) is 0 Å². The lowest BCUT2D eigenvalue weighted by molar-refractivity contribution is -0.150. The molecule has 1 saturated heterocycles. The Kier molecular flexibility index (Phi) is 10.5. The number of nitrogens with zero attached hydrogens (tertiary/aromatic N) is 1. The van der Waals surface area contributed by atoms with Crippen molar-refractivity contribution in [2.45, 2.75) is 84.1 Å². The van der Waals surface area contributed by atoms with Crippen molar-refractivity contribution in [1.29, 1.82) is 0 Å². The van der Waals surface area contributed by atoms with Crippen molar-refractivity contribution in [2.24, 2.45) is 0 Å². The predicted molar refractivity (Wildman–Crippen MR) is 90.3 cm³/mol. The first-order valence-corrected chi connectivity index (χ1v) is 9.30. The second-order valence-electron chi connectivity index (χ2n) is 6.25. The largest absolute Gasteiger partial charge is 0.464 e. The molecule has 1 amide bonds. The van der Waals surface area contributed by atoms with E-state index in [2.05, 4.69) is 13.8 Å². The van der Waals surface area contributed by atoms with Gasteiger partial charge in [-0.15, -0.1) is 0 Å². The molecular weight excluding hydrogens is 294 g/mol. The Morgan fingerprint density at radius 1 is 0.913 bits per heavy atom. The zero-order chi connectivity index (χ0) is 16.9. The Morgan fingerprint density at radius 3 is 2.30 bits per heavy atom. The maximum atomic E-state index is 12.2. The fourth-order valence-corrected chi connectivity index (χ4v) is 2.79. The lowest BCUT2D eigenvalue weighted by atomic mass is 10.0. The van der Waals surface area contributed by atoms with Gasteiger partial charge >= 0.3 is 12.1 Å². The number of ether oxygens (including phenoxy) is 2. The van der Waals surface area contributed by atoms with E-state index >= 15 is 0 Å². The fraction of sp³-hybridized carbons (Fsp3) is 0.889. The summed E-state index contributed by atoms with van der Waals surface area (Å²) in [5, 5.41) is 0. The molecule has 1 unspecified atom stereocenters. The minimum atomic E-state index is -0.464. The van der Waals surface area contributed by atoms with Gasteiger partial charge in [-0.1, -0.05) is 46.0 Å². The molecule has 0 bridgehead atoms. The smallest absolute Gasteiger partial charge is 0.410 e. The third-order valence-corrected chi connectivity index (χ3v) is 4.23. The van der Waals surface area contributed by atoms with E-state index in [-0.39, 0.29) is 12.1 Å². The van der Waals surface area contributed by atoms with E-state index in [1.807, 2.05) is 0 Å². The molecule has 1 aliphatic rings. The first-order valence-electron chi connectivity index (χ1n) is 9.30. The number of piperidine rings is 1. The Bertz CT molecular complexity index is 346. The van der Waals surface area contributed by atoms with Gasteiger partial charge in [0.05, 0.1) is 13.2 Å². The van der Waals surface area contributed by atoms with Crippen LogP contribution in [0.5, 0.6) is 0 Å². The highest BCUT2D eigenvalue weighted by Gasteiger charge is 2.34. The van der Waals surface area contributed by atoms with Crippen LogP contribution in [0.15, 0.2) is 0 Å². The SMILES string of the molecule is CCCCCCOC(=O)N1CCCCC1C(=O)OCCCCC. The minimum Gasteiger partial charge on any atom is -0.464 e. The highest BCUT2D eigenvalue weighted by Crippen LogP contribution is 2.19. The Morgan fingerprint density at radius 2 is 1.57 bits per heavy atom. The molecule has 0 aromatic heterocycles. The summed E-state index contributed by atoms with van der Waals surface area (Å²) in [6.45, 7) is 5.73. The zero-order valence-corrected chi connectivity index (χ0v) is 14.8. The quantitative estimate of drug-likeness (QED) is 0.443. The zero-order valence-electron chi connectivity index (χ0n) is 14.8. The summed E-state index contributed by atoms with van der Waals surface area (Å²) in [4.78, 5) is 26.0. The van der Waals surface area contributed by atoms with Crippen LogP contribution in [-0.4, -0.2) is 42.8 Å². The molecule has 1 rings (SSSR count). The summed E-state index contributed by atoms with van der Waals surface area (Å²) >= 11 is 0. The van der Waals surface area contributed by atoms with E-state index in [4.69, 9.17) is 9.47 Å². The predicted octanol–water partition coefficient (Wildman–Crippen LogP) is 4.29. The topological polar surface area (TPSA) is 55.8 Å². The summed E-state index contributed by atoms with van der Waals surface area (Å²) in [5.74, 6) is -0.274. The van der Waals surface area contributed by atoms with E-state index in [1.54, 1.807) is 4.90 Å². The molecule has 5 nitrogen and oxygen atoms in total. The molecule has 1 heterocycles. The minimum absolute atomic E-state index is 0.274. The van der Waals surface area contributed by atoms with Crippen LogP contribution >= 0.6 is 0 Å². The first kappa shape index (κ1) is 19.8. The second kappa shape index (κ2) is 12.2. The molecule has 134 valence electrons. The van der Waals surface area contributed by atoms with Crippen molar-refractivity contribution in [3.8, 4) is 0 Å². The highest BCUT2D eigenvalue weighted by atomic mass is 16.6. The maximum absolute atomic E-state index is 12.2. The van der Waals surface area contributed by atoms with Gasteiger partial charge in [0.1, 0.15) is 6.04 Å².